The first kappa shape index (κ1) is 9.16. The predicted molar refractivity (Wildman–Crippen MR) is 43.1 cm³/mol. The number of nitriles is 1. The quantitative estimate of drug-likeness (QED) is 0.423. The van der Waals surface area contributed by atoms with Gasteiger partial charge < -0.3 is 0 Å². The van der Waals surface area contributed by atoms with E-state index in [0.29, 0.717) is 6.42 Å². The highest BCUT2D eigenvalue weighted by atomic mass is 14.7. The van der Waals surface area contributed by atoms with Crippen LogP contribution in [0.25, 0.3) is 0 Å². The minimum atomic E-state index is 0.690. The molecule has 0 spiro atoms. The van der Waals surface area contributed by atoms with E-state index < -0.39 is 0 Å². The van der Waals surface area contributed by atoms with Gasteiger partial charge in [0, 0.05) is 13.0 Å². The molecule has 0 saturated heterocycles. The van der Waals surface area contributed by atoms with Gasteiger partial charge in [0.05, 0.1) is 6.07 Å². The zero-order valence-corrected chi connectivity index (χ0v) is 6.51. The molecule has 0 aliphatic rings. The molecule has 0 aliphatic heterocycles. The van der Waals surface area contributed by atoms with Crippen LogP contribution in [-0.2, 0) is 0 Å². The summed E-state index contributed by atoms with van der Waals surface area (Å²) in [4.78, 5) is 4.06. The Balaban J connectivity index is 2.85. The molecule has 0 amide bonds. The summed E-state index contributed by atoms with van der Waals surface area (Å²) in [5, 5.41) is 8.19. The molecule has 0 N–H and O–H groups in total. The molecule has 2 heteroatoms. The summed E-state index contributed by atoms with van der Waals surface area (Å²) in [7, 11) is 0. The fourth-order valence-corrected chi connectivity index (χ4v) is 0.713. The second kappa shape index (κ2) is 8.16. The van der Waals surface area contributed by atoms with Gasteiger partial charge in [-0.05, 0) is 26.0 Å². The maximum atomic E-state index is 8.19. The molecule has 0 heterocycles. The third-order valence-electron chi connectivity index (χ3n) is 1.26. The van der Waals surface area contributed by atoms with Crippen molar-refractivity contribution < 1.29 is 0 Å². The third-order valence-corrected chi connectivity index (χ3v) is 1.26. The van der Waals surface area contributed by atoms with Crippen LogP contribution in [0.15, 0.2) is 4.99 Å². The first-order valence-electron chi connectivity index (χ1n) is 3.73. The van der Waals surface area contributed by atoms with Gasteiger partial charge in [0.15, 0.2) is 0 Å². The molecule has 2 nitrogen and oxygen atoms in total. The number of nitrogens with zero attached hydrogens (tertiary/aromatic N) is 2. The smallest absolute Gasteiger partial charge is 0.0621 e. The minimum absolute atomic E-state index is 0.690. The summed E-state index contributed by atoms with van der Waals surface area (Å²) in [6.07, 6.45) is 5.78. The summed E-state index contributed by atoms with van der Waals surface area (Å²) in [6, 6.07) is 2.12. The van der Waals surface area contributed by atoms with Crippen LogP contribution in [0.2, 0.25) is 0 Å². The van der Waals surface area contributed by atoms with Crippen molar-refractivity contribution in [3.8, 4) is 6.07 Å². The van der Waals surface area contributed by atoms with E-state index in [1.54, 1.807) is 0 Å². The van der Waals surface area contributed by atoms with Crippen LogP contribution in [0.3, 0.4) is 0 Å². The Hall–Kier alpha value is -0.840. The lowest BCUT2D eigenvalue weighted by Crippen LogP contribution is -1.81. The van der Waals surface area contributed by atoms with Crippen molar-refractivity contribution in [1.29, 1.82) is 5.26 Å². The van der Waals surface area contributed by atoms with E-state index in [9.17, 15) is 0 Å². The first-order chi connectivity index (χ1) is 4.91. The lowest BCUT2D eigenvalue weighted by atomic mass is 10.2. The van der Waals surface area contributed by atoms with Crippen molar-refractivity contribution in [3.63, 3.8) is 0 Å². The summed E-state index contributed by atoms with van der Waals surface area (Å²) >= 11 is 0. The molecule has 0 radical (unpaired) electrons. The number of unbranched alkanes of at least 4 members (excludes halogenated alkanes) is 3. The Morgan fingerprint density at radius 3 is 2.80 bits per heavy atom. The Kier molecular flexibility index (Phi) is 7.47. The number of rotatable bonds is 5. The van der Waals surface area contributed by atoms with E-state index >= 15 is 0 Å². The Morgan fingerprint density at radius 1 is 1.40 bits per heavy atom. The van der Waals surface area contributed by atoms with Gasteiger partial charge in [0.25, 0.3) is 0 Å². The van der Waals surface area contributed by atoms with Gasteiger partial charge in [0.1, 0.15) is 0 Å². The van der Waals surface area contributed by atoms with Crippen LogP contribution < -0.4 is 0 Å². The Morgan fingerprint density at radius 2 is 2.20 bits per heavy atom. The van der Waals surface area contributed by atoms with Crippen LogP contribution in [-0.4, -0.2) is 12.8 Å². The number of hydrogen-bond donors (Lipinski definition) is 0. The molecular weight excluding hydrogens is 124 g/mol. The van der Waals surface area contributed by atoms with Crippen molar-refractivity contribution in [3.05, 3.63) is 0 Å². The second-order valence-electron chi connectivity index (χ2n) is 2.13. The monoisotopic (exact) mass is 138 g/mol. The van der Waals surface area contributed by atoms with Crippen molar-refractivity contribution in [2.75, 3.05) is 6.54 Å². The average Bonchev–Trinajstić information content (AvgIpc) is 1.97. The Labute approximate surface area is 62.6 Å². The maximum absolute atomic E-state index is 8.19. The zero-order chi connectivity index (χ0) is 7.66. The Bertz CT molecular complexity index is 122. The normalized spacial score (nSPS) is 10.0. The molecule has 0 saturated carbocycles. The molecule has 0 aromatic heterocycles. The molecule has 0 aromatic rings. The van der Waals surface area contributed by atoms with E-state index in [1.807, 2.05) is 13.1 Å². The maximum Gasteiger partial charge on any atom is 0.0621 e. The summed E-state index contributed by atoms with van der Waals surface area (Å²) in [6.45, 7) is 2.84. The highest BCUT2D eigenvalue weighted by Gasteiger charge is 1.85. The molecular formula is C8H14N2. The topological polar surface area (TPSA) is 36.1 Å². The van der Waals surface area contributed by atoms with E-state index in [1.165, 1.54) is 0 Å². The molecule has 0 bridgehead atoms. The van der Waals surface area contributed by atoms with Crippen LogP contribution >= 0.6 is 0 Å². The minimum Gasteiger partial charge on any atom is -0.298 e. The molecule has 0 unspecified atom stereocenters. The molecule has 0 rings (SSSR count). The molecule has 0 fully saturated rings. The van der Waals surface area contributed by atoms with E-state index in [2.05, 4.69) is 11.1 Å². The first-order valence-corrected chi connectivity index (χ1v) is 3.73. The highest BCUT2D eigenvalue weighted by molar-refractivity contribution is 5.53. The lowest BCUT2D eigenvalue weighted by molar-refractivity contribution is 0.700. The standard InChI is InChI=1S/C8H14N2/c1-2-10-8-6-4-3-5-7-9/h2H,3-6,8H2,1H3. The van der Waals surface area contributed by atoms with Crippen LogP contribution in [0.4, 0.5) is 0 Å². The molecule has 10 heavy (non-hydrogen) atoms. The van der Waals surface area contributed by atoms with Gasteiger partial charge in [-0.25, -0.2) is 0 Å². The van der Waals surface area contributed by atoms with Gasteiger partial charge in [-0.3, -0.25) is 4.99 Å². The van der Waals surface area contributed by atoms with E-state index in [4.69, 9.17) is 5.26 Å². The summed E-state index contributed by atoms with van der Waals surface area (Å²) in [5.74, 6) is 0. The molecule has 0 aliphatic carbocycles. The van der Waals surface area contributed by atoms with Crippen LogP contribution in [0, 0.1) is 11.3 Å². The zero-order valence-electron chi connectivity index (χ0n) is 6.51. The summed E-state index contributed by atoms with van der Waals surface area (Å²) in [5.41, 5.74) is 0. The lowest BCUT2D eigenvalue weighted by Gasteiger charge is -1.91. The van der Waals surface area contributed by atoms with Gasteiger partial charge in [-0.1, -0.05) is 6.42 Å². The second-order valence-corrected chi connectivity index (χ2v) is 2.13. The predicted octanol–water partition coefficient (Wildman–Crippen LogP) is 2.16. The van der Waals surface area contributed by atoms with Gasteiger partial charge in [0.2, 0.25) is 0 Å². The third kappa shape index (κ3) is 7.16. The fraction of sp³-hybridized carbons (Fsp3) is 0.750. The van der Waals surface area contributed by atoms with Gasteiger partial charge in [-0.15, -0.1) is 0 Å². The van der Waals surface area contributed by atoms with E-state index in [-0.39, 0.29) is 0 Å². The van der Waals surface area contributed by atoms with Crippen molar-refractivity contribution in [2.24, 2.45) is 4.99 Å². The van der Waals surface area contributed by atoms with Crippen LogP contribution in [0.5, 0.6) is 0 Å². The largest absolute Gasteiger partial charge is 0.298 e. The van der Waals surface area contributed by atoms with Gasteiger partial charge in [-0.2, -0.15) is 5.26 Å². The molecule has 56 valence electrons. The molecule has 0 aromatic carbocycles. The SMILES string of the molecule is CC=NCCCCCC#N. The average molecular weight is 138 g/mol. The highest BCUT2D eigenvalue weighted by Crippen LogP contribution is 1.97. The number of aliphatic imine (C=N–C) groups is 1. The van der Waals surface area contributed by atoms with Crippen molar-refractivity contribution in [1.82, 2.24) is 0 Å². The fourth-order valence-electron chi connectivity index (χ4n) is 0.713. The van der Waals surface area contributed by atoms with Crippen molar-refractivity contribution >= 4 is 6.21 Å². The van der Waals surface area contributed by atoms with E-state index in [0.717, 1.165) is 25.8 Å². The van der Waals surface area contributed by atoms with Crippen molar-refractivity contribution in [2.45, 2.75) is 32.6 Å². The van der Waals surface area contributed by atoms with Gasteiger partial charge >= 0.3 is 0 Å². The number of hydrogen-bond acceptors (Lipinski definition) is 2. The molecule has 0 atom stereocenters. The van der Waals surface area contributed by atoms with Crippen LogP contribution in [0.1, 0.15) is 32.6 Å². The summed E-state index contributed by atoms with van der Waals surface area (Å²) < 4.78 is 0.